The summed E-state index contributed by atoms with van der Waals surface area (Å²) >= 11 is 0. The summed E-state index contributed by atoms with van der Waals surface area (Å²) in [6.45, 7) is 5.81. The van der Waals surface area contributed by atoms with Crippen molar-refractivity contribution in [1.29, 1.82) is 0 Å². The molecular weight excluding hydrogens is 152 g/mol. The van der Waals surface area contributed by atoms with Crippen LogP contribution in [0.15, 0.2) is 36.0 Å². The van der Waals surface area contributed by atoms with Crippen LogP contribution < -0.4 is 0 Å². The molecule has 0 aliphatic heterocycles. The van der Waals surface area contributed by atoms with Crippen molar-refractivity contribution in [3.05, 3.63) is 36.0 Å². The molecule has 0 saturated heterocycles. The molecule has 0 heterocycles. The normalized spacial score (nSPS) is 12.8. The number of aldehydes is 1. The van der Waals surface area contributed by atoms with Gasteiger partial charge in [-0.1, -0.05) is 24.8 Å². The molecule has 0 atom stereocenters. The van der Waals surface area contributed by atoms with Crippen molar-refractivity contribution in [3.8, 4) is 0 Å². The van der Waals surface area contributed by atoms with Gasteiger partial charge in [-0.15, -0.1) is 0 Å². The van der Waals surface area contributed by atoms with Gasteiger partial charge in [0.25, 0.3) is 0 Å². The minimum Gasteiger partial charge on any atom is -0.380 e. The molecule has 0 bridgehead atoms. The fourth-order valence-electron chi connectivity index (χ4n) is 0.855. The summed E-state index contributed by atoms with van der Waals surface area (Å²) in [5.74, 6) is 0. The second-order valence-corrected chi connectivity index (χ2v) is 2.22. The minimum absolute atomic E-state index is 0.435. The lowest BCUT2D eigenvalue weighted by Crippen LogP contribution is -1.98. The van der Waals surface area contributed by atoms with Crippen molar-refractivity contribution >= 4 is 6.29 Å². The van der Waals surface area contributed by atoms with Gasteiger partial charge < -0.3 is 4.74 Å². The molecule has 0 aliphatic rings. The Balaban J connectivity index is 4.59. The maximum Gasteiger partial charge on any atom is 0.150 e. The van der Waals surface area contributed by atoms with E-state index in [0.717, 1.165) is 11.9 Å². The second kappa shape index (κ2) is 6.55. The minimum atomic E-state index is 0.435. The second-order valence-electron chi connectivity index (χ2n) is 2.22. The molecule has 2 heteroatoms. The number of allylic oxidation sites excluding steroid dienone is 3. The van der Waals surface area contributed by atoms with E-state index in [4.69, 9.17) is 4.74 Å². The number of ether oxygens (including phenoxy) is 1. The van der Waals surface area contributed by atoms with Crippen LogP contribution in [0.2, 0.25) is 0 Å². The lowest BCUT2D eigenvalue weighted by Gasteiger charge is -2.03. The van der Waals surface area contributed by atoms with Crippen LogP contribution in [-0.2, 0) is 9.53 Å². The standard InChI is InChI=1S/C10H14O2/c1-4-6-10(8-12-3)9(5-2)7-11/h4-7H,1,8H2,2-3H3/b9-5-,10-6-. The molecule has 66 valence electrons. The molecule has 2 nitrogen and oxygen atoms in total. The van der Waals surface area contributed by atoms with Gasteiger partial charge in [0.05, 0.1) is 6.61 Å². The Morgan fingerprint density at radius 3 is 2.58 bits per heavy atom. The predicted octanol–water partition coefficient (Wildman–Crippen LogP) is 1.89. The van der Waals surface area contributed by atoms with Gasteiger partial charge >= 0.3 is 0 Å². The van der Waals surface area contributed by atoms with E-state index in [9.17, 15) is 4.79 Å². The fraction of sp³-hybridized carbons (Fsp3) is 0.300. The average molecular weight is 166 g/mol. The lowest BCUT2D eigenvalue weighted by molar-refractivity contribution is -0.104. The molecule has 0 aromatic rings. The van der Waals surface area contributed by atoms with E-state index < -0.39 is 0 Å². The topological polar surface area (TPSA) is 26.3 Å². The Morgan fingerprint density at radius 2 is 2.25 bits per heavy atom. The van der Waals surface area contributed by atoms with Gasteiger partial charge in [-0.25, -0.2) is 0 Å². The molecule has 0 aromatic carbocycles. The van der Waals surface area contributed by atoms with Gasteiger partial charge in [0.1, 0.15) is 6.29 Å². The van der Waals surface area contributed by atoms with E-state index in [2.05, 4.69) is 6.58 Å². The van der Waals surface area contributed by atoms with Crippen molar-refractivity contribution in [2.45, 2.75) is 6.92 Å². The van der Waals surface area contributed by atoms with E-state index in [1.54, 1.807) is 25.3 Å². The fourth-order valence-corrected chi connectivity index (χ4v) is 0.855. The van der Waals surface area contributed by atoms with Gasteiger partial charge in [0, 0.05) is 12.7 Å². The van der Waals surface area contributed by atoms with Crippen LogP contribution in [0.4, 0.5) is 0 Å². The molecule has 0 radical (unpaired) electrons. The van der Waals surface area contributed by atoms with E-state index in [0.29, 0.717) is 12.2 Å². The van der Waals surface area contributed by atoms with Crippen LogP contribution >= 0.6 is 0 Å². The number of hydrogen-bond donors (Lipinski definition) is 0. The highest BCUT2D eigenvalue weighted by Gasteiger charge is 2.00. The van der Waals surface area contributed by atoms with Crippen LogP contribution in [0, 0.1) is 0 Å². The van der Waals surface area contributed by atoms with Gasteiger partial charge in [-0.2, -0.15) is 0 Å². The molecule has 0 rings (SSSR count). The smallest absolute Gasteiger partial charge is 0.150 e. The van der Waals surface area contributed by atoms with Crippen LogP contribution in [0.1, 0.15) is 6.92 Å². The van der Waals surface area contributed by atoms with Crippen LogP contribution in [0.5, 0.6) is 0 Å². The first-order chi connectivity index (χ1) is 5.79. The number of rotatable bonds is 5. The highest BCUT2D eigenvalue weighted by atomic mass is 16.5. The number of hydrogen-bond acceptors (Lipinski definition) is 2. The zero-order valence-corrected chi connectivity index (χ0v) is 7.54. The third-order valence-electron chi connectivity index (χ3n) is 1.43. The Labute approximate surface area is 73.2 Å². The first-order valence-corrected chi connectivity index (χ1v) is 3.72. The van der Waals surface area contributed by atoms with Gasteiger partial charge in [0.2, 0.25) is 0 Å². The van der Waals surface area contributed by atoms with Crippen molar-refractivity contribution in [1.82, 2.24) is 0 Å². The zero-order chi connectivity index (χ0) is 9.40. The van der Waals surface area contributed by atoms with E-state index in [1.165, 1.54) is 0 Å². The van der Waals surface area contributed by atoms with Crippen molar-refractivity contribution in [2.75, 3.05) is 13.7 Å². The molecule has 0 fully saturated rings. The van der Waals surface area contributed by atoms with Gasteiger partial charge in [-0.05, 0) is 12.5 Å². The van der Waals surface area contributed by atoms with E-state index in [-0.39, 0.29) is 0 Å². The molecule has 0 spiro atoms. The van der Waals surface area contributed by atoms with Crippen LogP contribution in [0.3, 0.4) is 0 Å². The molecule has 12 heavy (non-hydrogen) atoms. The largest absolute Gasteiger partial charge is 0.380 e. The van der Waals surface area contributed by atoms with Crippen molar-refractivity contribution < 1.29 is 9.53 Å². The first-order valence-electron chi connectivity index (χ1n) is 3.72. The third-order valence-corrected chi connectivity index (χ3v) is 1.43. The van der Waals surface area contributed by atoms with Crippen LogP contribution in [-0.4, -0.2) is 20.0 Å². The number of methoxy groups -OCH3 is 1. The Kier molecular flexibility index (Phi) is 5.93. The molecule has 0 aliphatic carbocycles. The Bertz CT molecular complexity index is 212. The SMILES string of the molecule is C=C/C=C(COC)\C(C=O)=C/C. The van der Waals surface area contributed by atoms with Gasteiger partial charge in [-0.3, -0.25) is 4.79 Å². The predicted molar refractivity (Wildman–Crippen MR) is 50.0 cm³/mol. The maximum atomic E-state index is 10.5. The van der Waals surface area contributed by atoms with Crippen molar-refractivity contribution in [3.63, 3.8) is 0 Å². The molecule has 0 saturated carbocycles. The van der Waals surface area contributed by atoms with E-state index >= 15 is 0 Å². The monoisotopic (exact) mass is 166 g/mol. The molecule has 0 unspecified atom stereocenters. The summed E-state index contributed by atoms with van der Waals surface area (Å²) in [4.78, 5) is 10.5. The zero-order valence-electron chi connectivity index (χ0n) is 7.54. The summed E-state index contributed by atoms with van der Waals surface area (Å²) < 4.78 is 4.93. The molecule has 0 N–H and O–H groups in total. The molecule has 0 amide bonds. The summed E-state index contributed by atoms with van der Waals surface area (Å²) in [5, 5.41) is 0. The summed E-state index contributed by atoms with van der Waals surface area (Å²) in [6.07, 6.45) is 5.98. The highest BCUT2D eigenvalue weighted by Crippen LogP contribution is 2.07. The quantitative estimate of drug-likeness (QED) is 0.354. The average Bonchev–Trinajstić information content (AvgIpc) is 2.07. The van der Waals surface area contributed by atoms with Crippen LogP contribution in [0.25, 0.3) is 0 Å². The third kappa shape index (κ3) is 3.30. The Morgan fingerprint density at radius 1 is 1.58 bits per heavy atom. The maximum absolute atomic E-state index is 10.5. The van der Waals surface area contributed by atoms with Crippen molar-refractivity contribution in [2.24, 2.45) is 0 Å². The molecule has 0 aromatic heterocycles. The number of carbonyl (C=O) groups excluding carboxylic acids is 1. The van der Waals surface area contributed by atoms with E-state index in [1.807, 2.05) is 6.92 Å². The summed E-state index contributed by atoms with van der Waals surface area (Å²) in [5.41, 5.74) is 1.50. The summed E-state index contributed by atoms with van der Waals surface area (Å²) in [7, 11) is 1.59. The molecular formula is C10H14O2. The first kappa shape index (κ1) is 10.8. The number of carbonyl (C=O) groups is 1. The van der Waals surface area contributed by atoms with Gasteiger partial charge in [0.15, 0.2) is 0 Å². The Hall–Kier alpha value is -1.15. The summed E-state index contributed by atoms with van der Waals surface area (Å²) in [6, 6.07) is 0. The lowest BCUT2D eigenvalue weighted by atomic mass is 10.1. The highest BCUT2D eigenvalue weighted by molar-refractivity contribution is 5.80.